The molecule has 5 amide bonds. The SMILES string of the molecule is CSCC[C@H](NC(=O)c1cccc2c1CCC(C(=O)CN1CCN(CC(=O)O)CCN(CC(=O)O)CCN(CC(=O)O)CC1)C2)C(=O)CCC(=O)N[C@@H](CCCCNC(=O)Nc1ccc(NC(C)=O)cc1)C(=O)O. The minimum absolute atomic E-state index is 0.0303. The van der Waals surface area contributed by atoms with E-state index in [1.165, 1.54) is 18.7 Å². The highest BCUT2D eigenvalue weighted by atomic mass is 32.2. The van der Waals surface area contributed by atoms with E-state index in [1.54, 1.807) is 51.1 Å². The van der Waals surface area contributed by atoms with E-state index < -0.39 is 65.5 Å². The molecule has 1 aliphatic carbocycles. The molecule has 0 saturated carbocycles. The summed E-state index contributed by atoms with van der Waals surface area (Å²) in [5, 5.41) is 51.8. The normalized spacial score (nSPS) is 16.9. The highest BCUT2D eigenvalue weighted by Gasteiger charge is 2.31. The van der Waals surface area contributed by atoms with Crippen molar-refractivity contribution < 1.29 is 68.4 Å². The summed E-state index contributed by atoms with van der Waals surface area (Å²) in [7, 11) is 0. The van der Waals surface area contributed by atoms with Gasteiger partial charge in [-0.15, -0.1) is 0 Å². The van der Waals surface area contributed by atoms with Gasteiger partial charge in [-0.25, -0.2) is 9.59 Å². The molecule has 9 N–H and O–H groups in total. The number of amides is 5. The quantitative estimate of drug-likeness (QED) is 0.0573. The molecule has 0 aromatic heterocycles. The lowest BCUT2D eigenvalue weighted by Gasteiger charge is -2.33. The number of carbonyl (C=O) groups excluding carboxylic acids is 6. The van der Waals surface area contributed by atoms with Crippen molar-refractivity contribution in [2.75, 3.05) is 108 Å². The number of Topliss-reactive ketones (excluding diaryl/α,β-unsaturated/α-hetero) is 2. The van der Waals surface area contributed by atoms with Crippen molar-refractivity contribution >= 4 is 82.3 Å². The fraction of sp³-hybridized carbons (Fsp3) is 0.560. The Balaban J connectivity index is 1.29. The highest BCUT2D eigenvalue weighted by molar-refractivity contribution is 7.98. The van der Waals surface area contributed by atoms with Crippen LogP contribution in [0.5, 0.6) is 0 Å². The molecular formula is C50H71N9O14S. The van der Waals surface area contributed by atoms with Crippen LogP contribution in [0.2, 0.25) is 0 Å². The lowest BCUT2D eigenvalue weighted by molar-refractivity contribution is -0.142. The zero-order chi connectivity index (χ0) is 54.2. The van der Waals surface area contributed by atoms with Crippen LogP contribution in [0.1, 0.15) is 73.4 Å². The second-order valence-electron chi connectivity index (χ2n) is 18.5. The van der Waals surface area contributed by atoms with E-state index in [1.807, 2.05) is 17.2 Å². The number of carboxylic acid groups (broad SMARTS) is 4. The number of benzene rings is 2. The fourth-order valence-corrected chi connectivity index (χ4v) is 9.31. The minimum atomic E-state index is -1.25. The standard InChI is InChI=1S/C50H71N9O14S/c1-33(60)52-36-10-12-37(13-11-36)53-50(73)51-18-4-3-8-41(49(71)72)54-44(63)16-15-42(61)40(17-27-74-2)55-48(70)39-7-5-6-34-28-35(9-14-38(34)39)43(62)29-56-19-21-57(30-45(64)65)23-25-59(32-47(68)69)26-24-58(22-20-56)31-46(66)67/h5-7,10-13,35,40-41H,3-4,8-9,14-32H2,1-2H3,(H,52,60)(H,54,63)(H,55,70)(H,64,65)(H,66,67)(H,68,69)(H,71,72)(H2,51,53,73)/t35?,40-,41-/m0/s1. The summed E-state index contributed by atoms with van der Waals surface area (Å²) in [5.41, 5.74) is 3.01. The summed E-state index contributed by atoms with van der Waals surface area (Å²) in [6, 6.07) is 9.14. The van der Waals surface area contributed by atoms with Crippen LogP contribution in [-0.2, 0) is 51.2 Å². The third kappa shape index (κ3) is 21.9. The fourth-order valence-electron chi connectivity index (χ4n) is 8.84. The zero-order valence-corrected chi connectivity index (χ0v) is 42.9. The van der Waals surface area contributed by atoms with Gasteiger partial charge < -0.3 is 47.0 Å². The van der Waals surface area contributed by atoms with Gasteiger partial charge in [0, 0.05) is 102 Å². The molecular weight excluding hydrogens is 983 g/mol. The van der Waals surface area contributed by atoms with Crippen molar-refractivity contribution in [1.29, 1.82) is 0 Å². The Labute approximate surface area is 434 Å². The van der Waals surface area contributed by atoms with Gasteiger partial charge >= 0.3 is 29.9 Å². The second kappa shape index (κ2) is 31.3. The van der Waals surface area contributed by atoms with Crippen molar-refractivity contribution in [3.05, 3.63) is 59.2 Å². The number of nitrogens with zero attached hydrogens (tertiary/aromatic N) is 4. The van der Waals surface area contributed by atoms with Crippen LogP contribution in [0.4, 0.5) is 16.2 Å². The van der Waals surface area contributed by atoms with Crippen LogP contribution >= 0.6 is 11.8 Å². The lowest BCUT2D eigenvalue weighted by Crippen LogP contribution is -2.49. The van der Waals surface area contributed by atoms with Crippen molar-refractivity contribution in [3.8, 4) is 0 Å². The topological polar surface area (TPSA) is 325 Å². The first-order valence-electron chi connectivity index (χ1n) is 24.8. The smallest absolute Gasteiger partial charge is 0.326 e. The van der Waals surface area contributed by atoms with Gasteiger partial charge in [0.1, 0.15) is 11.8 Å². The number of fused-ring (bicyclic) bond motifs is 1. The summed E-state index contributed by atoms with van der Waals surface area (Å²) >= 11 is 1.48. The van der Waals surface area contributed by atoms with Crippen LogP contribution in [-0.4, -0.2) is 208 Å². The number of hydrogen-bond donors (Lipinski definition) is 9. The number of thioether (sulfide) groups is 1. The number of carboxylic acids is 4. The van der Waals surface area contributed by atoms with Crippen molar-refractivity contribution in [2.45, 2.75) is 76.8 Å². The molecule has 1 saturated heterocycles. The predicted molar refractivity (Wildman–Crippen MR) is 275 cm³/mol. The Bertz CT molecular complexity index is 2250. The van der Waals surface area contributed by atoms with E-state index in [0.717, 1.165) is 11.1 Å². The molecule has 23 nitrogen and oxygen atoms in total. The van der Waals surface area contributed by atoms with Crippen LogP contribution in [0, 0.1) is 5.92 Å². The summed E-state index contributed by atoms with van der Waals surface area (Å²) in [5.74, 6) is -6.06. The van der Waals surface area contributed by atoms with Gasteiger partial charge in [0.05, 0.1) is 32.2 Å². The third-order valence-electron chi connectivity index (χ3n) is 12.8. The summed E-state index contributed by atoms with van der Waals surface area (Å²) in [6.45, 7) is 2.98. The highest BCUT2D eigenvalue weighted by Crippen LogP contribution is 2.29. The minimum Gasteiger partial charge on any atom is -0.480 e. The van der Waals surface area contributed by atoms with Gasteiger partial charge in [-0.1, -0.05) is 12.1 Å². The average molecular weight is 1050 g/mol. The van der Waals surface area contributed by atoms with Crippen LogP contribution in [0.15, 0.2) is 42.5 Å². The second-order valence-corrected chi connectivity index (χ2v) is 19.5. The van der Waals surface area contributed by atoms with Gasteiger partial charge in [0.25, 0.3) is 5.91 Å². The zero-order valence-electron chi connectivity index (χ0n) is 42.1. The number of unbranched alkanes of at least 4 members (excludes halogenated alkanes) is 1. The number of aliphatic carboxylic acids is 4. The molecule has 2 aliphatic rings. The molecule has 406 valence electrons. The number of rotatable bonds is 27. The molecule has 3 atom stereocenters. The lowest BCUT2D eigenvalue weighted by atomic mass is 9.79. The molecule has 4 rings (SSSR count). The number of hydrogen-bond acceptors (Lipinski definition) is 15. The molecule has 74 heavy (non-hydrogen) atoms. The molecule has 1 fully saturated rings. The molecule has 0 radical (unpaired) electrons. The van der Waals surface area contributed by atoms with E-state index in [-0.39, 0.29) is 109 Å². The molecule has 1 heterocycles. The maximum Gasteiger partial charge on any atom is 0.326 e. The Morgan fingerprint density at radius 3 is 1.70 bits per heavy atom. The van der Waals surface area contributed by atoms with E-state index in [4.69, 9.17) is 0 Å². The van der Waals surface area contributed by atoms with Gasteiger partial charge in [-0.05, 0) is 98.4 Å². The first-order valence-corrected chi connectivity index (χ1v) is 26.1. The van der Waals surface area contributed by atoms with E-state index in [9.17, 15) is 68.4 Å². The molecule has 0 spiro atoms. The molecule has 2 aromatic rings. The maximum atomic E-state index is 14.0. The van der Waals surface area contributed by atoms with Crippen molar-refractivity contribution in [2.24, 2.45) is 5.92 Å². The monoisotopic (exact) mass is 1050 g/mol. The first kappa shape index (κ1) is 60.1. The summed E-state index contributed by atoms with van der Waals surface area (Å²) in [6.07, 6.45) is 3.64. The summed E-state index contributed by atoms with van der Waals surface area (Å²) < 4.78 is 0. The summed E-state index contributed by atoms with van der Waals surface area (Å²) in [4.78, 5) is 132. The number of ketones is 2. The predicted octanol–water partition coefficient (Wildman–Crippen LogP) is 1.56. The third-order valence-corrected chi connectivity index (χ3v) is 13.4. The van der Waals surface area contributed by atoms with Crippen molar-refractivity contribution in [3.63, 3.8) is 0 Å². The van der Waals surface area contributed by atoms with Gasteiger partial charge in [-0.3, -0.25) is 58.0 Å². The van der Waals surface area contributed by atoms with Gasteiger partial charge in [0.15, 0.2) is 5.78 Å². The largest absolute Gasteiger partial charge is 0.480 e. The Morgan fingerprint density at radius 2 is 1.19 bits per heavy atom. The molecule has 24 heteroatoms. The maximum absolute atomic E-state index is 14.0. The number of urea groups is 1. The Morgan fingerprint density at radius 1 is 0.649 bits per heavy atom. The van der Waals surface area contributed by atoms with Crippen LogP contribution < -0.4 is 26.6 Å². The number of nitrogens with one attached hydrogen (secondary N) is 5. The van der Waals surface area contributed by atoms with Crippen LogP contribution in [0.25, 0.3) is 0 Å². The van der Waals surface area contributed by atoms with E-state index in [0.29, 0.717) is 67.9 Å². The molecule has 1 aliphatic heterocycles. The average Bonchev–Trinajstić information content (AvgIpc) is 3.34. The van der Waals surface area contributed by atoms with Crippen LogP contribution in [0.3, 0.4) is 0 Å². The Kier molecular flexibility index (Phi) is 25.4. The molecule has 2 aromatic carbocycles. The molecule has 0 bridgehead atoms. The van der Waals surface area contributed by atoms with Gasteiger partial charge in [-0.2, -0.15) is 11.8 Å². The Hall–Kier alpha value is -6.47. The molecule has 1 unspecified atom stereocenters. The van der Waals surface area contributed by atoms with E-state index in [2.05, 4.69) is 26.6 Å². The number of carbonyl (C=O) groups is 10. The van der Waals surface area contributed by atoms with Gasteiger partial charge in [0.2, 0.25) is 11.8 Å². The van der Waals surface area contributed by atoms with E-state index >= 15 is 0 Å². The van der Waals surface area contributed by atoms with Crippen molar-refractivity contribution in [1.82, 2.24) is 35.6 Å². The first-order chi connectivity index (χ1) is 35.3. The number of anilines is 2.